The van der Waals surface area contributed by atoms with Crippen LogP contribution >= 0.6 is 11.3 Å². The SMILES string of the molecule is FC(F)(F)c1ccc(NCc2cccs2)cn1. The largest absolute Gasteiger partial charge is 0.433 e. The first-order chi connectivity index (χ1) is 8.05. The van der Waals surface area contributed by atoms with Crippen molar-refractivity contribution in [2.45, 2.75) is 12.7 Å². The average molecular weight is 258 g/mol. The lowest BCUT2D eigenvalue weighted by Gasteiger charge is -2.07. The van der Waals surface area contributed by atoms with Gasteiger partial charge in [-0.15, -0.1) is 11.3 Å². The number of hydrogen-bond acceptors (Lipinski definition) is 3. The van der Waals surface area contributed by atoms with E-state index in [1.807, 2.05) is 17.5 Å². The van der Waals surface area contributed by atoms with Crippen LogP contribution in [-0.2, 0) is 12.7 Å². The van der Waals surface area contributed by atoms with Gasteiger partial charge in [0.25, 0.3) is 0 Å². The third-order valence-corrected chi connectivity index (χ3v) is 2.98. The minimum Gasteiger partial charge on any atom is -0.379 e. The van der Waals surface area contributed by atoms with Crippen molar-refractivity contribution in [2.24, 2.45) is 0 Å². The van der Waals surface area contributed by atoms with Crippen molar-refractivity contribution in [3.05, 3.63) is 46.4 Å². The maximum atomic E-state index is 12.2. The first-order valence-electron chi connectivity index (χ1n) is 4.85. The Balaban J connectivity index is 1.99. The lowest BCUT2D eigenvalue weighted by atomic mass is 10.3. The van der Waals surface area contributed by atoms with Crippen LogP contribution in [0.15, 0.2) is 35.8 Å². The molecule has 0 spiro atoms. The van der Waals surface area contributed by atoms with Crippen molar-refractivity contribution >= 4 is 17.0 Å². The Hall–Kier alpha value is -1.56. The molecule has 0 aliphatic heterocycles. The second-order valence-corrected chi connectivity index (χ2v) is 4.40. The zero-order valence-electron chi connectivity index (χ0n) is 8.66. The summed E-state index contributed by atoms with van der Waals surface area (Å²) in [5, 5.41) is 4.95. The molecular weight excluding hydrogens is 249 g/mol. The van der Waals surface area contributed by atoms with E-state index >= 15 is 0 Å². The average Bonchev–Trinajstić information content (AvgIpc) is 2.78. The molecule has 2 aromatic rings. The van der Waals surface area contributed by atoms with Gasteiger partial charge in [-0.05, 0) is 23.6 Å². The van der Waals surface area contributed by atoms with E-state index in [1.54, 1.807) is 11.3 Å². The molecule has 0 aliphatic rings. The summed E-state index contributed by atoms with van der Waals surface area (Å²) in [6, 6.07) is 6.22. The topological polar surface area (TPSA) is 24.9 Å². The van der Waals surface area contributed by atoms with Gasteiger partial charge in [0.2, 0.25) is 0 Å². The van der Waals surface area contributed by atoms with E-state index in [-0.39, 0.29) is 0 Å². The van der Waals surface area contributed by atoms with Crippen molar-refractivity contribution < 1.29 is 13.2 Å². The molecule has 90 valence electrons. The Morgan fingerprint density at radius 2 is 2.06 bits per heavy atom. The number of anilines is 1. The summed E-state index contributed by atoms with van der Waals surface area (Å²) in [6.07, 6.45) is -3.19. The molecular formula is C11H9F3N2S. The summed E-state index contributed by atoms with van der Waals surface area (Å²) >= 11 is 1.59. The number of rotatable bonds is 3. The molecule has 2 aromatic heterocycles. The number of thiophene rings is 1. The van der Waals surface area contributed by atoms with Crippen LogP contribution in [0.5, 0.6) is 0 Å². The molecule has 6 heteroatoms. The van der Waals surface area contributed by atoms with Gasteiger partial charge in [0.15, 0.2) is 0 Å². The highest BCUT2D eigenvalue weighted by Crippen LogP contribution is 2.27. The smallest absolute Gasteiger partial charge is 0.379 e. The summed E-state index contributed by atoms with van der Waals surface area (Å²) in [5.74, 6) is 0. The lowest BCUT2D eigenvalue weighted by molar-refractivity contribution is -0.141. The summed E-state index contributed by atoms with van der Waals surface area (Å²) in [7, 11) is 0. The quantitative estimate of drug-likeness (QED) is 0.906. The van der Waals surface area contributed by atoms with Gasteiger partial charge in [0.1, 0.15) is 5.69 Å². The van der Waals surface area contributed by atoms with Crippen LogP contribution in [-0.4, -0.2) is 4.98 Å². The number of hydrogen-bond donors (Lipinski definition) is 1. The van der Waals surface area contributed by atoms with Gasteiger partial charge in [-0.2, -0.15) is 13.2 Å². The predicted octanol–water partition coefficient (Wildman–Crippen LogP) is 3.77. The van der Waals surface area contributed by atoms with Crippen LogP contribution in [0, 0.1) is 0 Å². The van der Waals surface area contributed by atoms with E-state index in [0.29, 0.717) is 12.2 Å². The van der Waals surface area contributed by atoms with Crippen molar-refractivity contribution in [3.8, 4) is 0 Å². The standard InChI is InChI=1S/C11H9F3N2S/c12-11(13,14)10-4-3-8(6-16-10)15-7-9-2-1-5-17-9/h1-6,15H,7H2. The molecule has 0 fully saturated rings. The first kappa shape index (κ1) is 11.9. The number of halogens is 3. The van der Waals surface area contributed by atoms with Crippen molar-refractivity contribution in [3.63, 3.8) is 0 Å². The van der Waals surface area contributed by atoms with E-state index < -0.39 is 11.9 Å². The van der Waals surface area contributed by atoms with E-state index in [2.05, 4.69) is 10.3 Å². The highest BCUT2D eigenvalue weighted by Gasteiger charge is 2.31. The Morgan fingerprint density at radius 1 is 1.24 bits per heavy atom. The van der Waals surface area contributed by atoms with Gasteiger partial charge in [-0.3, -0.25) is 0 Å². The van der Waals surface area contributed by atoms with Crippen molar-refractivity contribution in [1.29, 1.82) is 0 Å². The second kappa shape index (κ2) is 4.75. The Kier molecular flexibility index (Phi) is 3.33. The molecule has 1 N–H and O–H groups in total. The fourth-order valence-corrected chi connectivity index (χ4v) is 1.91. The van der Waals surface area contributed by atoms with E-state index in [1.165, 1.54) is 12.3 Å². The van der Waals surface area contributed by atoms with Crippen molar-refractivity contribution in [2.75, 3.05) is 5.32 Å². The number of nitrogens with zero attached hydrogens (tertiary/aromatic N) is 1. The lowest BCUT2D eigenvalue weighted by Crippen LogP contribution is -2.08. The van der Waals surface area contributed by atoms with Crippen molar-refractivity contribution in [1.82, 2.24) is 4.98 Å². The Morgan fingerprint density at radius 3 is 2.59 bits per heavy atom. The zero-order chi connectivity index (χ0) is 12.3. The van der Waals surface area contributed by atoms with Crippen LogP contribution in [0.1, 0.15) is 10.6 Å². The van der Waals surface area contributed by atoms with E-state index in [0.717, 1.165) is 10.9 Å². The molecule has 0 amide bonds. The summed E-state index contributed by atoms with van der Waals surface area (Å²) < 4.78 is 36.7. The van der Waals surface area contributed by atoms with Crippen LogP contribution in [0.2, 0.25) is 0 Å². The molecule has 0 saturated heterocycles. The molecule has 17 heavy (non-hydrogen) atoms. The Bertz CT molecular complexity index is 462. The minimum absolute atomic E-state index is 0.575. The predicted molar refractivity (Wildman–Crippen MR) is 60.9 cm³/mol. The number of alkyl halides is 3. The first-order valence-corrected chi connectivity index (χ1v) is 5.73. The van der Waals surface area contributed by atoms with Crippen LogP contribution < -0.4 is 5.32 Å². The van der Waals surface area contributed by atoms with Gasteiger partial charge >= 0.3 is 6.18 Å². The minimum atomic E-state index is -4.38. The van der Waals surface area contributed by atoms with Crippen LogP contribution in [0.25, 0.3) is 0 Å². The second-order valence-electron chi connectivity index (χ2n) is 3.36. The molecule has 2 nitrogen and oxygen atoms in total. The fourth-order valence-electron chi connectivity index (χ4n) is 1.27. The number of pyridine rings is 1. The maximum absolute atomic E-state index is 12.2. The summed E-state index contributed by atoms with van der Waals surface area (Å²) in [5.41, 5.74) is -0.300. The van der Waals surface area contributed by atoms with E-state index in [4.69, 9.17) is 0 Å². The van der Waals surface area contributed by atoms with Gasteiger partial charge in [0, 0.05) is 11.4 Å². The Labute approximate surface area is 100 Å². The molecule has 2 heterocycles. The van der Waals surface area contributed by atoms with Crippen LogP contribution in [0.4, 0.5) is 18.9 Å². The molecule has 0 radical (unpaired) electrons. The van der Waals surface area contributed by atoms with Gasteiger partial charge in [-0.1, -0.05) is 6.07 Å². The third-order valence-electron chi connectivity index (χ3n) is 2.10. The van der Waals surface area contributed by atoms with Crippen LogP contribution in [0.3, 0.4) is 0 Å². The molecule has 2 rings (SSSR count). The molecule has 0 aliphatic carbocycles. The monoisotopic (exact) mass is 258 g/mol. The zero-order valence-corrected chi connectivity index (χ0v) is 9.48. The maximum Gasteiger partial charge on any atom is 0.433 e. The highest BCUT2D eigenvalue weighted by molar-refractivity contribution is 7.09. The molecule has 0 aromatic carbocycles. The summed E-state index contributed by atoms with van der Waals surface area (Å²) in [4.78, 5) is 4.48. The van der Waals surface area contributed by atoms with Gasteiger partial charge in [-0.25, -0.2) is 4.98 Å². The highest BCUT2D eigenvalue weighted by atomic mass is 32.1. The van der Waals surface area contributed by atoms with Gasteiger partial charge < -0.3 is 5.32 Å². The molecule has 0 bridgehead atoms. The van der Waals surface area contributed by atoms with Gasteiger partial charge in [0.05, 0.1) is 11.9 Å². The van der Waals surface area contributed by atoms with E-state index in [9.17, 15) is 13.2 Å². The summed E-state index contributed by atoms with van der Waals surface area (Å²) in [6.45, 7) is 0.588. The molecule has 0 atom stereocenters. The normalized spacial score (nSPS) is 11.5. The molecule has 0 unspecified atom stereocenters. The fraction of sp³-hybridized carbons (Fsp3) is 0.182. The molecule has 0 saturated carbocycles. The third kappa shape index (κ3) is 3.20. The number of nitrogens with one attached hydrogen (secondary N) is 1. The number of aromatic nitrogens is 1.